The Balaban J connectivity index is 2.40. The summed E-state index contributed by atoms with van der Waals surface area (Å²) in [5.74, 6) is -0.748. The van der Waals surface area contributed by atoms with Crippen molar-refractivity contribution in [3.8, 4) is 0 Å². The zero-order valence-corrected chi connectivity index (χ0v) is 10.6. The summed E-state index contributed by atoms with van der Waals surface area (Å²) in [5.41, 5.74) is 0. The molecule has 1 atom stereocenters. The molecule has 0 bridgehead atoms. The maximum absolute atomic E-state index is 11.0. The molecule has 1 unspecified atom stereocenters. The maximum Gasteiger partial charge on any atom is 0.320 e. The molecule has 0 radical (unpaired) electrons. The highest BCUT2D eigenvalue weighted by Crippen LogP contribution is 2.15. The lowest BCUT2D eigenvalue weighted by atomic mass is 10.1. The maximum atomic E-state index is 11.0. The second-order valence-electron chi connectivity index (χ2n) is 3.93. The number of unbranched alkanes of at least 4 members (excludes halogenated alkanes) is 1. The van der Waals surface area contributed by atoms with Crippen molar-refractivity contribution < 1.29 is 9.90 Å². The van der Waals surface area contributed by atoms with Gasteiger partial charge in [-0.1, -0.05) is 19.8 Å². The van der Waals surface area contributed by atoms with Gasteiger partial charge in [0, 0.05) is 16.3 Å². The second kappa shape index (κ2) is 6.66. The van der Waals surface area contributed by atoms with Crippen LogP contribution in [0.15, 0.2) is 12.1 Å². The SMILES string of the molecule is CCCCC(NCc1ccc(C)s1)C(=O)O. The van der Waals surface area contributed by atoms with Crippen LogP contribution in [0.5, 0.6) is 0 Å². The molecular weight excluding hydrogens is 222 g/mol. The Morgan fingerprint density at radius 3 is 2.81 bits per heavy atom. The lowest BCUT2D eigenvalue weighted by Crippen LogP contribution is -2.35. The van der Waals surface area contributed by atoms with Gasteiger partial charge in [0.1, 0.15) is 6.04 Å². The first-order valence-corrected chi connectivity index (χ1v) is 6.46. The van der Waals surface area contributed by atoms with E-state index in [0.29, 0.717) is 13.0 Å². The van der Waals surface area contributed by atoms with Crippen LogP contribution in [0.2, 0.25) is 0 Å². The predicted molar refractivity (Wildman–Crippen MR) is 66.8 cm³/mol. The molecule has 0 aliphatic carbocycles. The van der Waals surface area contributed by atoms with E-state index in [4.69, 9.17) is 5.11 Å². The summed E-state index contributed by atoms with van der Waals surface area (Å²) in [6, 6.07) is 3.69. The molecule has 2 N–H and O–H groups in total. The van der Waals surface area contributed by atoms with Crippen LogP contribution in [0.4, 0.5) is 0 Å². The molecule has 4 heteroatoms. The molecule has 0 aliphatic rings. The summed E-state index contributed by atoms with van der Waals surface area (Å²) < 4.78 is 0. The van der Waals surface area contributed by atoms with Gasteiger partial charge in [-0.3, -0.25) is 10.1 Å². The Morgan fingerprint density at radius 1 is 1.56 bits per heavy atom. The summed E-state index contributed by atoms with van der Waals surface area (Å²) >= 11 is 1.71. The Labute approximate surface area is 100 Å². The van der Waals surface area contributed by atoms with Gasteiger partial charge in [-0.25, -0.2) is 0 Å². The molecule has 1 heterocycles. The Morgan fingerprint density at radius 2 is 2.31 bits per heavy atom. The molecule has 0 aliphatic heterocycles. The normalized spacial score (nSPS) is 12.6. The number of hydrogen-bond acceptors (Lipinski definition) is 3. The smallest absolute Gasteiger partial charge is 0.320 e. The van der Waals surface area contributed by atoms with E-state index in [-0.39, 0.29) is 0 Å². The lowest BCUT2D eigenvalue weighted by molar-refractivity contribution is -0.139. The van der Waals surface area contributed by atoms with Crippen LogP contribution in [0.1, 0.15) is 35.9 Å². The lowest BCUT2D eigenvalue weighted by Gasteiger charge is -2.12. The van der Waals surface area contributed by atoms with Gasteiger partial charge in [0.05, 0.1) is 0 Å². The van der Waals surface area contributed by atoms with Crippen molar-refractivity contribution in [3.63, 3.8) is 0 Å². The van der Waals surface area contributed by atoms with E-state index in [0.717, 1.165) is 12.8 Å². The first-order chi connectivity index (χ1) is 7.63. The number of aliphatic carboxylic acids is 1. The molecule has 0 spiro atoms. The fraction of sp³-hybridized carbons (Fsp3) is 0.583. The first-order valence-electron chi connectivity index (χ1n) is 5.65. The van der Waals surface area contributed by atoms with Crippen molar-refractivity contribution >= 4 is 17.3 Å². The van der Waals surface area contributed by atoms with E-state index < -0.39 is 12.0 Å². The highest BCUT2D eigenvalue weighted by atomic mass is 32.1. The van der Waals surface area contributed by atoms with Crippen molar-refractivity contribution in [1.29, 1.82) is 0 Å². The Kier molecular flexibility index (Phi) is 5.49. The third-order valence-electron chi connectivity index (χ3n) is 2.46. The zero-order chi connectivity index (χ0) is 12.0. The number of carbonyl (C=O) groups is 1. The fourth-order valence-corrected chi connectivity index (χ4v) is 2.37. The molecular formula is C12H19NO2S. The number of thiophene rings is 1. The van der Waals surface area contributed by atoms with Crippen molar-refractivity contribution in [2.45, 2.75) is 45.7 Å². The summed E-state index contributed by atoms with van der Waals surface area (Å²) in [6.07, 6.45) is 2.69. The van der Waals surface area contributed by atoms with Gasteiger partial charge in [0.2, 0.25) is 0 Å². The van der Waals surface area contributed by atoms with E-state index in [2.05, 4.69) is 25.2 Å². The number of aryl methyl sites for hydroxylation is 1. The van der Waals surface area contributed by atoms with E-state index in [9.17, 15) is 4.79 Å². The van der Waals surface area contributed by atoms with Gasteiger partial charge in [-0.15, -0.1) is 11.3 Å². The van der Waals surface area contributed by atoms with Gasteiger partial charge in [0.25, 0.3) is 0 Å². The van der Waals surface area contributed by atoms with Crippen LogP contribution >= 0.6 is 11.3 Å². The van der Waals surface area contributed by atoms with E-state index >= 15 is 0 Å². The summed E-state index contributed by atoms with van der Waals surface area (Å²) in [7, 11) is 0. The molecule has 0 saturated heterocycles. The van der Waals surface area contributed by atoms with E-state index in [1.807, 2.05) is 6.07 Å². The minimum atomic E-state index is -0.748. The molecule has 1 rings (SSSR count). The molecule has 0 fully saturated rings. The molecule has 90 valence electrons. The third-order valence-corrected chi connectivity index (χ3v) is 3.46. The monoisotopic (exact) mass is 241 g/mol. The highest BCUT2D eigenvalue weighted by Gasteiger charge is 2.15. The van der Waals surface area contributed by atoms with Crippen molar-refractivity contribution in [3.05, 3.63) is 21.9 Å². The minimum Gasteiger partial charge on any atom is -0.480 e. The Hall–Kier alpha value is -0.870. The van der Waals surface area contributed by atoms with Crippen molar-refractivity contribution in [1.82, 2.24) is 5.32 Å². The average Bonchev–Trinajstić information content (AvgIpc) is 2.64. The van der Waals surface area contributed by atoms with Crippen LogP contribution in [0, 0.1) is 6.92 Å². The first kappa shape index (κ1) is 13.2. The third kappa shape index (κ3) is 4.33. The van der Waals surface area contributed by atoms with Gasteiger partial charge in [-0.05, 0) is 25.5 Å². The number of rotatable bonds is 7. The summed E-state index contributed by atoms with van der Waals surface area (Å²) in [4.78, 5) is 13.4. The van der Waals surface area contributed by atoms with Gasteiger partial charge < -0.3 is 5.11 Å². The minimum absolute atomic E-state index is 0.414. The van der Waals surface area contributed by atoms with Gasteiger partial charge in [-0.2, -0.15) is 0 Å². The summed E-state index contributed by atoms with van der Waals surface area (Å²) in [5, 5.41) is 12.1. The number of carboxylic acids is 1. The van der Waals surface area contributed by atoms with Gasteiger partial charge in [0.15, 0.2) is 0 Å². The molecule has 3 nitrogen and oxygen atoms in total. The number of carboxylic acid groups (broad SMARTS) is 1. The highest BCUT2D eigenvalue weighted by molar-refractivity contribution is 7.11. The van der Waals surface area contributed by atoms with Crippen LogP contribution in [0.25, 0.3) is 0 Å². The summed E-state index contributed by atoms with van der Waals surface area (Å²) in [6.45, 7) is 4.78. The van der Waals surface area contributed by atoms with Crippen LogP contribution in [0.3, 0.4) is 0 Å². The van der Waals surface area contributed by atoms with E-state index in [1.165, 1.54) is 9.75 Å². The largest absolute Gasteiger partial charge is 0.480 e. The van der Waals surface area contributed by atoms with Gasteiger partial charge >= 0.3 is 5.97 Å². The average molecular weight is 241 g/mol. The molecule has 1 aromatic rings. The van der Waals surface area contributed by atoms with Crippen LogP contribution in [-0.2, 0) is 11.3 Å². The second-order valence-corrected chi connectivity index (χ2v) is 5.30. The van der Waals surface area contributed by atoms with Crippen molar-refractivity contribution in [2.75, 3.05) is 0 Å². The Bertz CT molecular complexity index is 336. The van der Waals surface area contributed by atoms with Crippen LogP contribution in [-0.4, -0.2) is 17.1 Å². The fourth-order valence-electron chi connectivity index (χ4n) is 1.53. The molecule has 0 aromatic carbocycles. The zero-order valence-electron chi connectivity index (χ0n) is 9.82. The standard InChI is InChI=1S/C12H19NO2S/c1-3-4-5-11(12(14)15)13-8-10-7-6-9(2)16-10/h6-7,11,13H,3-5,8H2,1-2H3,(H,14,15). The number of hydrogen-bond donors (Lipinski definition) is 2. The molecule has 16 heavy (non-hydrogen) atoms. The predicted octanol–water partition coefficient (Wildman–Crippen LogP) is 2.79. The molecule has 1 aromatic heterocycles. The quantitative estimate of drug-likeness (QED) is 0.771. The topological polar surface area (TPSA) is 49.3 Å². The number of nitrogens with one attached hydrogen (secondary N) is 1. The van der Waals surface area contributed by atoms with Crippen molar-refractivity contribution in [2.24, 2.45) is 0 Å². The van der Waals surface area contributed by atoms with Crippen LogP contribution < -0.4 is 5.32 Å². The molecule has 0 amide bonds. The van der Waals surface area contributed by atoms with E-state index in [1.54, 1.807) is 11.3 Å². The molecule has 0 saturated carbocycles.